The average molecular weight is 302 g/mol. The molecule has 1 aromatic rings. The molecule has 0 unspecified atom stereocenters. The highest BCUT2D eigenvalue weighted by atomic mass is 16.2. The van der Waals surface area contributed by atoms with Gasteiger partial charge in [-0.3, -0.25) is 19.2 Å². The lowest BCUT2D eigenvalue weighted by Crippen LogP contribution is -2.18. The number of carbonyl (C=O) groups excluding carboxylic acids is 4. The van der Waals surface area contributed by atoms with Gasteiger partial charge < -0.3 is 22.9 Å². The van der Waals surface area contributed by atoms with Gasteiger partial charge in [0.15, 0.2) is 0 Å². The summed E-state index contributed by atoms with van der Waals surface area (Å²) < 4.78 is 0. The summed E-state index contributed by atoms with van der Waals surface area (Å²) in [5, 5.41) is 0. The zero-order valence-electron chi connectivity index (χ0n) is 11.4. The summed E-state index contributed by atoms with van der Waals surface area (Å²) >= 11 is 0. The lowest BCUT2D eigenvalue weighted by atomic mass is 9.97. The predicted molar refractivity (Wildman–Crippen MR) is 79.2 cm³/mol. The molecule has 0 spiro atoms. The third-order valence-corrected chi connectivity index (χ3v) is 2.59. The second-order valence-electron chi connectivity index (χ2n) is 4.23. The van der Waals surface area contributed by atoms with E-state index in [1.165, 1.54) is 24.3 Å². The standard InChI is InChI=1S/C14H14N4O4/c15-11(19)5-9(13(17)21)7-2-1-3-8(4-7)10(14(18)22)6-12(16)20/h1-6H,(H2,15,19)(H2,16,20)(H2,17,21)(H2,18,22)/b9-5-,10-6-. The minimum Gasteiger partial charge on any atom is -0.366 e. The predicted octanol–water partition coefficient (Wildman–Crippen LogP) is -1.61. The average Bonchev–Trinajstić information content (AvgIpc) is 2.41. The van der Waals surface area contributed by atoms with Gasteiger partial charge in [0.05, 0.1) is 11.1 Å². The number of hydrogen-bond donors (Lipinski definition) is 4. The van der Waals surface area contributed by atoms with Crippen LogP contribution in [0.25, 0.3) is 11.1 Å². The van der Waals surface area contributed by atoms with Crippen LogP contribution in [0.4, 0.5) is 0 Å². The molecule has 8 nitrogen and oxygen atoms in total. The van der Waals surface area contributed by atoms with Crippen molar-refractivity contribution in [2.24, 2.45) is 22.9 Å². The summed E-state index contributed by atoms with van der Waals surface area (Å²) in [5.41, 5.74) is 20.6. The maximum absolute atomic E-state index is 11.4. The number of nitrogens with two attached hydrogens (primary N) is 4. The number of hydrogen-bond acceptors (Lipinski definition) is 4. The Hall–Kier alpha value is -3.42. The third-order valence-electron chi connectivity index (χ3n) is 2.59. The van der Waals surface area contributed by atoms with Gasteiger partial charge in [0.2, 0.25) is 23.6 Å². The fourth-order valence-electron chi connectivity index (χ4n) is 1.73. The number of primary amides is 4. The first kappa shape index (κ1) is 16.6. The highest BCUT2D eigenvalue weighted by molar-refractivity contribution is 6.25. The first-order chi connectivity index (χ1) is 10.2. The Morgan fingerprint density at radius 3 is 1.36 bits per heavy atom. The fourth-order valence-corrected chi connectivity index (χ4v) is 1.73. The quantitative estimate of drug-likeness (QED) is 0.463. The van der Waals surface area contributed by atoms with Gasteiger partial charge in [-0.2, -0.15) is 0 Å². The Morgan fingerprint density at radius 1 is 0.727 bits per heavy atom. The summed E-state index contributed by atoms with van der Waals surface area (Å²) in [4.78, 5) is 44.7. The van der Waals surface area contributed by atoms with Crippen molar-refractivity contribution in [2.45, 2.75) is 0 Å². The summed E-state index contributed by atoms with van der Waals surface area (Å²) in [6.07, 6.45) is 1.73. The van der Waals surface area contributed by atoms with E-state index in [0.717, 1.165) is 12.2 Å². The van der Waals surface area contributed by atoms with Crippen molar-refractivity contribution in [3.8, 4) is 0 Å². The van der Waals surface area contributed by atoms with E-state index in [1.807, 2.05) is 0 Å². The molecular formula is C14H14N4O4. The van der Waals surface area contributed by atoms with Crippen LogP contribution in [0.15, 0.2) is 36.4 Å². The molecule has 0 aliphatic carbocycles. The molecule has 0 aliphatic heterocycles. The molecule has 22 heavy (non-hydrogen) atoms. The van der Waals surface area contributed by atoms with E-state index in [2.05, 4.69) is 0 Å². The largest absolute Gasteiger partial charge is 0.366 e. The van der Waals surface area contributed by atoms with Crippen molar-refractivity contribution in [3.05, 3.63) is 47.5 Å². The van der Waals surface area contributed by atoms with E-state index >= 15 is 0 Å². The van der Waals surface area contributed by atoms with E-state index < -0.39 is 23.6 Å². The second kappa shape index (κ2) is 6.84. The summed E-state index contributed by atoms with van der Waals surface area (Å²) in [6, 6.07) is 5.80. The zero-order chi connectivity index (χ0) is 16.9. The van der Waals surface area contributed by atoms with Crippen molar-refractivity contribution < 1.29 is 19.2 Å². The molecule has 0 radical (unpaired) electrons. The van der Waals surface area contributed by atoms with Crippen LogP contribution in [0.2, 0.25) is 0 Å². The molecule has 8 N–H and O–H groups in total. The molecule has 114 valence electrons. The molecule has 0 atom stereocenters. The molecule has 0 saturated carbocycles. The minimum atomic E-state index is -0.879. The van der Waals surface area contributed by atoms with Crippen LogP contribution in [0.3, 0.4) is 0 Å². The summed E-state index contributed by atoms with van der Waals surface area (Å²) in [5.74, 6) is -3.48. The molecule has 1 rings (SSSR count). The van der Waals surface area contributed by atoms with Crippen molar-refractivity contribution >= 4 is 34.8 Å². The maximum atomic E-state index is 11.4. The Balaban J connectivity index is 3.46. The van der Waals surface area contributed by atoms with Gasteiger partial charge in [0.1, 0.15) is 0 Å². The van der Waals surface area contributed by atoms with Gasteiger partial charge in [-0.15, -0.1) is 0 Å². The van der Waals surface area contributed by atoms with Crippen LogP contribution in [-0.4, -0.2) is 23.6 Å². The van der Waals surface area contributed by atoms with E-state index in [1.54, 1.807) is 0 Å². The van der Waals surface area contributed by atoms with Gasteiger partial charge in [0.25, 0.3) is 0 Å². The third kappa shape index (κ3) is 4.30. The molecule has 0 bridgehead atoms. The van der Waals surface area contributed by atoms with Crippen LogP contribution in [0.1, 0.15) is 11.1 Å². The molecule has 4 amide bonds. The van der Waals surface area contributed by atoms with Crippen molar-refractivity contribution in [3.63, 3.8) is 0 Å². The molecule has 0 heterocycles. The van der Waals surface area contributed by atoms with Gasteiger partial charge >= 0.3 is 0 Å². The summed E-state index contributed by atoms with van der Waals surface area (Å²) in [6.45, 7) is 0. The van der Waals surface area contributed by atoms with E-state index in [-0.39, 0.29) is 22.3 Å². The first-order valence-corrected chi connectivity index (χ1v) is 5.95. The normalized spacial score (nSPS) is 11.8. The lowest BCUT2D eigenvalue weighted by molar-refractivity contribution is -0.115. The van der Waals surface area contributed by atoms with Crippen molar-refractivity contribution in [1.29, 1.82) is 0 Å². The molecule has 0 saturated heterocycles. The zero-order valence-corrected chi connectivity index (χ0v) is 11.4. The monoisotopic (exact) mass is 302 g/mol. The smallest absolute Gasteiger partial charge is 0.249 e. The van der Waals surface area contributed by atoms with Gasteiger partial charge in [-0.1, -0.05) is 18.2 Å². The number of amides is 4. The highest BCUT2D eigenvalue weighted by Gasteiger charge is 2.14. The number of benzene rings is 1. The molecule has 0 aliphatic rings. The van der Waals surface area contributed by atoms with E-state index in [9.17, 15) is 19.2 Å². The van der Waals surface area contributed by atoms with Crippen molar-refractivity contribution in [1.82, 2.24) is 0 Å². The van der Waals surface area contributed by atoms with Gasteiger partial charge in [0, 0.05) is 12.2 Å². The van der Waals surface area contributed by atoms with Crippen molar-refractivity contribution in [2.75, 3.05) is 0 Å². The van der Waals surface area contributed by atoms with E-state index in [4.69, 9.17) is 22.9 Å². The molecule has 1 aromatic carbocycles. The highest BCUT2D eigenvalue weighted by Crippen LogP contribution is 2.20. The van der Waals surface area contributed by atoms with Crippen LogP contribution in [0, 0.1) is 0 Å². The van der Waals surface area contributed by atoms with Crippen LogP contribution in [0.5, 0.6) is 0 Å². The number of rotatable bonds is 6. The second-order valence-corrected chi connectivity index (χ2v) is 4.23. The maximum Gasteiger partial charge on any atom is 0.249 e. The van der Waals surface area contributed by atoms with Crippen LogP contribution < -0.4 is 22.9 Å². The Bertz CT molecular complexity index is 662. The van der Waals surface area contributed by atoms with Gasteiger partial charge in [-0.05, 0) is 17.2 Å². The topological polar surface area (TPSA) is 172 Å². The molecular weight excluding hydrogens is 288 g/mol. The molecule has 8 heteroatoms. The Morgan fingerprint density at radius 2 is 1.09 bits per heavy atom. The summed E-state index contributed by atoms with van der Waals surface area (Å²) in [7, 11) is 0. The molecule has 0 fully saturated rings. The van der Waals surface area contributed by atoms with E-state index in [0.29, 0.717) is 0 Å². The Kier molecular flexibility index (Phi) is 5.17. The molecule has 0 aromatic heterocycles. The minimum absolute atomic E-state index is 0.141. The lowest BCUT2D eigenvalue weighted by Gasteiger charge is -2.08. The Labute approximate surface area is 125 Å². The number of carbonyl (C=O) groups is 4. The van der Waals surface area contributed by atoms with Crippen LogP contribution in [-0.2, 0) is 19.2 Å². The van der Waals surface area contributed by atoms with Crippen LogP contribution >= 0.6 is 0 Å². The SMILES string of the molecule is NC(=O)/C=C(\C(N)=O)c1cccc(/C(=C/C(N)=O)C(N)=O)c1. The first-order valence-electron chi connectivity index (χ1n) is 5.95. The van der Waals surface area contributed by atoms with Gasteiger partial charge in [-0.25, -0.2) is 0 Å². The fraction of sp³-hybridized carbons (Fsp3) is 0.